The van der Waals surface area contributed by atoms with Crippen molar-refractivity contribution >= 4 is 34.6 Å². The van der Waals surface area contributed by atoms with Gasteiger partial charge in [0.15, 0.2) is 17.6 Å². The lowest BCUT2D eigenvalue weighted by Crippen LogP contribution is -2.30. The highest BCUT2D eigenvalue weighted by Crippen LogP contribution is 2.17. The highest BCUT2D eigenvalue weighted by atomic mass is 16.5. The maximum atomic E-state index is 12.4. The summed E-state index contributed by atoms with van der Waals surface area (Å²) in [7, 11) is 0. The van der Waals surface area contributed by atoms with Crippen LogP contribution in [0.4, 0.5) is 5.82 Å². The molecule has 0 aliphatic heterocycles. The topological polar surface area (TPSA) is 153 Å². The molecule has 0 fully saturated rings. The zero-order chi connectivity index (χ0) is 21.3. The molecular weight excluding hydrogens is 390 g/mol. The first-order valence-electron chi connectivity index (χ1n) is 9.24. The van der Waals surface area contributed by atoms with Crippen molar-refractivity contribution in [1.82, 2.24) is 39.5 Å². The van der Waals surface area contributed by atoms with E-state index in [1.54, 1.807) is 4.52 Å². The average Bonchev–Trinajstić information content (AvgIpc) is 3.37. The van der Waals surface area contributed by atoms with Gasteiger partial charge in [-0.3, -0.25) is 9.59 Å². The van der Waals surface area contributed by atoms with E-state index >= 15 is 0 Å². The van der Waals surface area contributed by atoms with Crippen LogP contribution in [0.25, 0.3) is 16.9 Å². The lowest BCUT2D eigenvalue weighted by molar-refractivity contribution is -0.153. The highest BCUT2D eigenvalue weighted by molar-refractivity contribution is 5.99. The highest BCUT2D eigenvalue weighted by Gasteiger charge is 2.20. The number of hydrogen-bond donors (Lipinski definition) is 2. The fourth-order valence-electron chi connectivity index (χ4n) is 3.13. The Morgan fingerprint density at radius 3 is 2.87 bits per heavy atom. The molecule has 1 unspecified atom stereocenters. The van der Waals surface area contributed by atoms with Gasteiger partial charge in [0.1, 0.15) is 18.2 Å². The summed E-state index contributed by atoms with van der Waals surface area (Å²) in [5.74, 6) is -0.220. The number of aromatic amines is 1. The summed E-state index contributed by atoms with van der Waals surface area (Å²) in [6.07, 6.45) is 3.69. The number of carbonyl (C=O) groups is 2. The van der Waals surface area contributed by atoms with Crippen molar-refractivity contribution in [2.75, 3.05) is 5.32 Å². The molecule has 0 saturated carbocycles. The van der Waals surface area contributed by atoms with E-state index in [-0.39, 0.29) is 12.2 Å². The standard InChI is InChI=1S/C18H19N9O3/c1-9-12(10(2)27-18(25-9)23-8-24-27)4-5-13(28)30-11(3)17(29)26-16-14-15(20-6-19-14)21-7-22-16/h6-8,11H,4-5H2,1-3H3,(H2,19,20,21,22,26,29). The fraction of sp³-hybridized carbons (Fsp3) is 0.333. The number of hydrogen-bond acceptors (Lipinski definition) is 9. The molecule has 4 aromatic rings. The Bertz CT molecular complexity index is 1250. The van der Waals surface area contributed by atoms with Crippen molar-refractivity contribution in [2.45, 2.75) is 39.7 Å². The molecule has 30 heavy (non-hydrogen) atoms. The van der Waals surface area contributed by atoms with Crippen LogP contribution in [0.3, 0.4) is 0 Å². The zero-order valence-electron chi connectivity index (χ0n) is 16.6. The molecule has 0 radical (unpaired) electrons. The predicted molar refractivity (Wildman–Crippen MR) is 104 cm³/mol. The van der Waals surface area contributed by atoms with Gasteiger partial charge in [-0.25, -0.2) is 24.5 Å². The summed E-state index contributed by atoms with van der Waals surface area (Å²) in [5, 5.41) is 6.75. The largest absolute Gasteiger partial charge is 0.453 e. The van der Waals surface area contributed by atoms with E-state index < -0.39 is 18.0 Å². The molecule has 0 aromatic carbocycles. The van der Waals surface area contributed by atoms with E-state index in [0.29, 0.717) is 23.4 Å². The number of H-pyrrole nitrogens is 1. The second-order valence-corrected chi connectivity index (χ2v) is 6.68. The SMILES string of the molecule is Cc1nc2ncnn2c(C)c1CCC(=O)OC(C)C(=O)Nc1ncnc2nc[nH]c12. The first-order chi connectivity index (χ1) is 14.4. The third-order valence-electron chi connectivity index (χ3n) is 4.71. The van der Waals surface area contributed by atoms with E-state index in [4.69, 9.17) is 4.74 Å². The molecule has 0 aliphatic rings. The smallest absolute Gasteiger partial charge is 0.306 e. The number of anilines is 1. The molecule has 154 valence electrons. The van der Waals surface area contributed by atoms with Gasteiger partial charge in [-0.2, -0.15) is 10.1 Å². The average molecular weight is 409 g/mol. The number of esters is 1. The number of nitrogens with one attached hydrogen (secondary N) is 2. The van der Waals surface area contributed by atoms with Crippen molar-refractivity contribution in [1.29, 1.82) is 0 Å². The van der Waals surface area contributed by atoms with Gasteiger partial charge in [-0.15, -0.1) is 0 Å². The van der Waals surface area contributed by atoms with Crippen LogP contribution in [-0.2, 0) is 20.7 Å². The summed E-state index contributed by atoms with van der Waals surface area (Å²) in [6.45, 7) is 5.25. The summed E-state index contributed by atoms with van der Waals surface area (Å²) in [4.78, 5) is 48.0. The van der Waals surface area contributed by atoms with Crippen LogP contribution in [0.1, 0.15) is 30.3 Å². The molecule has 4 heterocycles. The first-order valence-corrected chi connectivity index (χ1v) is 9.24. The van der Waals surface area contributed by atoms with E-state index in [9.17, 15) is 9.59 Å². The van der Waals surface area contributed by atoms with Gasteiger partial charge >= 0.3 is 5.97 Å². The normalized spacial score (nSPS) is 12.2. The summed E-state index contributed by atoms with van der Waals surface area (Å²) in [6, 6.07) is 0. The number of fused-ring (bicyclic) bond motifs is 2. The fourth-order valence-corrected chi connectivity index (χ4v) is 3.13. The van der Waals surface area contributed by atoms with Crippen molar-refractivity contribution < 1.29 is 14.3 Å². The quantitative estimate of drug-likeness (QED) is 0.442. The molecule has 4 aromatic heterocycles. The number of ether oxygens (including phenoxy) is 1. The molecule has 4 rings (SSSR count). The Morgan fingerprint density at radius 2 is 2.03 bits per heavy atom. The Morgan fingerprint density at radius 1 is 1.20 bits per heavy atom. The maximum absolute atomic E-state index is 12.4. The van der Waals surface area contributed by atoms with Crippen molar-refractivity contribution in [3.8, 4) is 0 Å². The van der Waals surface area contributed by atoms with Crippen molar-refractivity contribution in [2.24, 2.45) is 0 Å². The van der Waals surface area contributed by atoms with E-state index in [1.165, 1.54) is 25.9 Å². The van der Waals surface area contributed by atoms with Gasteiger partial charge in [-0.1, -0.05) is 0 Å². The van der Waals surface area contributed by atoms with Crippen molar-refractivity contribution in [3.63, 3.8) is 0 Å². The van der Waals surface area contributed by atoms with Crippen LogP contribution in [0.5, 0.6) is 0 Å². The minimum atomic E-state index is -0.997. The number of aryl methyl sites for hydroxylation is 2. The minimum Gasteiger partial charge on any atom is -0.453 e. The zero-order valence-corrected chi connectivity index (χ0v) is 16.6. The maximum Gasteiger partial charge on any atom is 0.306 e. The second kappa shape index (κ2) is 7.81. The Balaban J connectivity index is 1.37. The van der Waals surface area contributed by atoms with Crippen LogP contribution in [0, 0.1) is 13.8 Å². The number of aromatic nitrogens is 8. The van der Waals surface area contributed by atoms with Gasteiger partial charge in [-0.05, 0) is 32.8 Å². The Labute approximate surface area is 170 Å². The summed E-state index contributed by atoms with van der Waals surface area (Å²) >= 11 is 0. The lowest BCUT2D eigenvalue weighted by Gasteiger charge is -2.14. The van der Waals surface area contributed by atoms with E-state index in [0.717, 1.165) is 17.0 Å². The number of carbonyl (C=O) groups excluding carboxylic acids is 2. The Kier molecular flexibility index (Phi) is 5.04. The van der Waals surface area contributed by atoms with Crippen LogP contribution in [0.15, 0.2) is 19.0 Å². The molecule has 12 nitrogen and oxygen atoms in total. The van der Waals surface area contributed by atoms with E-state index in [1.807, 2.05) is 13.8 Å². The number of imidazole rings is 1. The van der Waals surface area contributed by atoms with Crippen LogP contribution < -0.4 is 5.32 Å². The number of amides is 1. The molecule has 12 heteroatoms. The van der Waals surface area contributed by atoms with Crippen molar-refractivity contribution in [3.05, 3.63) is 35.9 Å². The Hall–Kier alpha value is -3.96. The summed E-state index contributed by atoms with van der Waals surface area (Å²) in [5.41, 5.74) is 3.45. The van der Waals surface area contributed by atoms with Gasteiger partial charge < -0.3 is 15.0 Å². The molecule has 0 saturated heterocycles. The molecule has 0 bridgehead atoms. The van der Waals surface area contributed by atoms with E-state index in [2.05, 4.69) is 40.3 Å². The van der Waals surface area contributed by atoms with Gasteiger partial charge in [0, 0.05) is 17.8 Å². The minimum absolute atomic E-state index is 0.0967. The lowest BCUT2D eigenvalue weighted by atomic mass is 10.1. The monoisotopic (exact) mass is 409 g/mol. The first kappa shape index (κ1) is 19.4. The molecule has 2 N–H and O–H groups in total. The number of rotatable bonds is 6. The second-order valence-electron chi connectivity index (χ2n) is 6.68. The molecule has 1 amide bonds. The van der Waals surface area contributed by atoms with Gasteiger partial charge in [0.2, 0.25) is 0 Å². The third kappa shape index (κ3) is 3.66. The number of nitrogens with zero attached hydrogens (tertiary/aromatic N) is 7. The van der Waals surface area contributed by atoms with Gasteiger partial charge in [0.25, 0.3) is 11.7 Å². The summed E-state index contributed by atoms with van der Waals surface area (Å²) < 4.78 is 6.90. The van der Waals surface area contributed by atoms with Crippen LogP contribution >= 0.6 is 0 Å². The third-order valence-corrected chi connectivity index (χ3v) is 4.71. The molecule has 1 atom stereocenters. The predicted octanol–water partition coefficient (Wildman–Crippen LogP) is 0.910. The molecular formula is C18H19N9O3. The molecule has 0 spiro atoms. The van der Waals surface area contributed by atoms with Gasteiger partial charge in [0.05, 0.1) is 6.33 Å². The molecule has 0 aliphatic carbocycles. The van der Waals surface area contributed by atoms with Crippen LogP contribution in [0.2, 0.25) is 0 Å². The van der Waals surface area contributed by atoms with Crippen LogP contribution in [-0.4, -0.2) is 57.5 Å².